The summed E-state index contributed by atoms with van der Waals surface area (Å²) in [6, 6.07) is 0.630. The van der Waals surface area contributed by atoms with E-state index in [4.69, 9.17) is 0 Å². The molecule has 5 heteroatoms. The van der Waals surface area contributed by atoms with Gasteiger partial charge in [0, 0.05) is 19.6 Å². The second-order valence-corrected chi connectivity index (χ2v) is 5.16. The first-order valence-corrected chi connectivity index (χ1v) is 6.48. The molecular weight excluding hydrogens is 216 g/mol. The van der Waals surface area contributed by atoms with Crippen molar-refractivity contribution in [1.82, 2.24) is 19.7 Å². The van der Waals surface area contributed by atoms with Crippen LogP contribution in [0.4, 0.5) is 0 Å². The van der Waals surface area contributed by atoms with Crippen molar-refractivity contribution in [3.05, 3.63) is 16.8 Å². The van der Waals surface area contributed by atoms with Gasteiger partial charge >= 0.3 is 5.69 Å². The molecule has 1 aromatic rings. The van der Waals surface area contributed by atoms with Crippen LogP contribution in [0.1, 0.15) is 32.6 Å². The quantitative estimate of drug-likeness (QED) is 0.842. The molecule has 0 amide bonds. The Labute approximate surface area is 102 Å². The van der Waals surface area contributed by atoms with Gasteiger partial charge in [0.15, 0.2) is 0 Å². The molecule has 2 rings (SSSR count). The number of hydrogen-bond donors (Lipinski definition) is 1. The molecule has 1 N–H and O–H groups in total. The van der Waals surface area contributed by atoms with Gasteiger partial charge in [-0.25, -0.2) is 9.48 Å². The number of aromatic nitrogens is 3. The van der Waals surface area contributed by atoms with Crippen molar-refractivity contribution in [2.45, 2.75) is 45.2 Å². The summed E-state index contributed by atoms with van der Waals surface area (Å²) in [4.78, 5) is 11.5. The molecule has 0 radical (unpaired) electrons. The predicted molar refractivity (Wildman–Crippen MR) is 66.9 cm³/mol. The first-order chi connectivity index (χ1) is 8.16. The number of hydrogen-bond acceptors (Lipinski definition) is 3. The largest absolute Gasteiger partial charge is 0.345 e. The maximum atomic E-state index is 11.5. The van der Waals surface area contributed by atoms with Crippen molar-refractivity contribution in [1.29, 1.82) is 0 Å². The number of aryl methyl sites for hydroxylation is 1. The van der Waals surface area contributed by atoms with Crippen LogP contribution in [0, 0.1) is 5.92 Å². The lowest BCUT2D eigenvalue weighted by Crippen LogP contribution is -2.36. The molecule has 1 fully saturated rings. The van der Waals surface area contributed by atoms with E-state index in [1.54, 1.807) is 13.4 Å². The van der Waals surface area contributed by atoms with Crippen LogP contribution in [-0.4, -0.2) is 26.9 Å². The van der Waals surface area contributed by atoms with E-state index < -0.39 is 0 Å². The van der Waals surface area contributed by atoms with E-state index in [0.29, 0.717) is 12.6 Å². The second-order valence-electron chi connectivity index (χ2n) is 5.16. The van der Waals surface area contributed by atoms with E-state index in [1.807, 2.05) is 0 Å². The highest BCUT2D eigenvalue weighted by Crippen LogP contribution is 2.23. The lowest BCUT2D eigenvalue weighted by atomic mass is 9.87. The van der Waals surface area contributed by atoms with Crippen molar-refractivity contribution in [3.8, 4) is 0 Å². The van der Waals surface area contributed by atoms with E-state index >= 15 is 0 Å². The van der Waals surface area contributed by atoms with Crippen molar-refractivity contribution < 1.29 is 0 Å². The number of rotatable bonds is 4. The molecule has 0 bridgehead atoms. The van der Waals surface area contributed by atoms with Crippen molar-refractivity contribution in [3.63, 3.8) is 0 Å². The van der Waals surface area contributed by atoms with Crippen LogP contribution in [0.2, 0.25) is 0 Å². The molecule has 96 valence electrons. The van der Waals surface area contributed by atoms with Gasteiger partial charge in [-0.15, -0.1) is 0 Å². The summed E-state index contributed by atoms with van der Waals surface area (Å²) < 4.78 is 3.01. The summed E-state index contributed by atoms with van der Waals surface area (Å²) in [5.41, 5.74) is -0.0379. The van der Waals surface area contributed by atoms with Crippen LogP contribution in [0.5, 0.6) is 0 Å². The van der Waals surface area contributed by atoms with Crippen LogP contribution in [0.15, 0.2) is 11.1 Å². The molecular formula is C12H22N4O. The molecule has 5 nitrogen and oxygen atoms in total. The lowest BCUT2D eigenvalue weighted by Gasteiger charge is -2.26. The Morgan fingerprint density at radius 2 is 2.12 bits per heavy atom. The van der Waals surface area contributed by atoms with E-state index in [1.165, 1.54) is 34.9 Å². The summed E-state index contributed by atoms with van der Waals surface area (Å²) in [6.45, 7) is 3.81. The summed E-state index contributed by atoms with van der Waals surface area (Å²) in [5.74, 6) is 0.881. The predicted octanol–water partition coefficient (Wildman–Crippen LogP) is 0.750. The zero-order valence-corrected chi connectivity index (χ0v) is 10.7. The van der Waals surface area contributed by atoms with Crippen LogP contribution in [0.25, 0.3) is 0 Å². The van der Waals surface area contributed by atoms with Crippen LogP contribution in [-0.2, 0) is 13.6 Å². The molecule has 0 saturated heterocycles. The van der Waals surface area contributed by atoms with Crippen LogP contribution >= 0.6 is 0 Å². The Hall–Kier alpha value is -1.10. The first-order valence-electron chi connectivity index (χ1n) is 6.48. The monoisotopic (exact) mass is 238 g/mol. The molecule has 0 atom stereocenters. The highest BCUT2D eigenvalue weighted by Gasteiger charge is 2.17. The minimum Gasteiger partial charge on any atom is -0.312 e. The summed E-state index contributed by atoms with van der Waals surface area (Å²) in [6.07, 6.45) is 6.73. The van der Waals surface area contributed by atoms with Gasteiger partial charge in [0.25, 0.3) is 0 Å². The van der Waals surface area contributed by atoms with Gasteiger partial charge in [0.1, 0.15) is 6.33 Å². The molecule has 1 aliphatic carbocycles. The third-order valence-corrected chi connectivity index (χ3v) is 3.66. The van der Waals surface area contributed by atoms with E-state index in [2.05, 4.69) is 17.3 Å². The first kappa shape index (κ1) is 12.4. The van der Waals surface area contributed by atoms with Crippen LogP contribution in [0.3, 0.4) is 0 Å². The van der Waals surface area contributed by atoms with Crippen molar-refractivity contribution in [2.75, 3.05) is 6.54 Å². The third kappa shape index (κ3) is 3.19. The fourth-order valence-electron chi connectivity index (χ4n) is 2.41. The minimum atomic E-state index is -0.0379. The van der Waals surface area contributed by atoms with Gasteiger partial charge < -0.3 is 5.32 Å². The summed E-state index contributed by atoms with van der Waals surface area (Å²) >= 11 is 0. The van der Waals surface area contributed by atoms with Gasteiger partial charge in [-0.1, -0.05) is 6.92 Å². The summed E-state index contributed by atoms with van der Waals surface area (Å²) in [5, 5.41) is 7.56. The topological polar surface area (TPSA) is 51.9 Å². The molecule has 0 aliphatic heterocycles. The third-order valence-electron chi connectivity index (χ3n) is 3.66. The molecule has 1 saturated carbocycles. The number of nitrogens with one attached hydrogen (secondary N) is 1. The number of nitrogens with zero attached hydrogens (tertiary/aromatic N) is 3. The SMILES string of the molecule is CC1CCC(NCCn2ncn(C)c2=O)CC1. The highest BCUT2D eigenvalue weighted by atomic mass is 16.2. The molecule has 17 heavy (non-hydrogen) atoms. The maximum Gasteiger partial charge on any atom is 0.345 e. The van der Waals surface area contributed by atoms with E-state index in [0.717, 1.165) is 12.5 Å². The van der Waals surface area contributed by atoms with Crippen LogP contribution < -0.4 is 11.0 Å². The smallest absolute Gasteiger partial charge is 0.312 e. The van der Waals surface area contributed by atoms with E-state index in [-0.39, 0.29) is 5.69 Å². The molecule has 1 aromatic heterocycles. The Bertz CT molecular complexity index is 401. The van der Waals surface area contributed by atoms with Crippen molar-refractivity contribution >= 4 is 0 Å². The second kappa shape index (κ2) is 5.49. The fraction of sp³-hybridized carbons (Fsp3) is 0.833. The Balaban J connectivity index is 1.73. The van der Waals surface area contributed by atoms with Gasteiger partial charge in [-0.2, -0.15) is 5.10 Å². The Morgan fingerprint density at radius 1 is 1.41 bits per heavy atom. The van der Waals surface area contributed by atoms with Gasteiger partial charge in [-0.3, -0.25) is 4.57 Å². The zero-order chi connectivity index (χ0) is 12.3. The minimum absolute atomic E-state index is 0.0379. The average Bonchev–Trinajstić information content (AvgIpc) is 2.64. The molecule has 0 aromatic carbocycles. The van der Waals surface area contributed by atoms with E-state index in [9.17, 15) is 4.79 Å². The highest BCUT2D eigenvalue weighted by molar-refractivity contribution is 4.75. The normalized spacial score (nSPS) is 25.1. The summed E-state index contributed by atoms with van der Waals surface area (Å²) in [7, 11) is 1.72. The Morgan fingerprint density at radius 3 is 2.71 bits per heavy atom. The molecule has 1 aliphatic rings. The fourth-order valence-corrected chi connectivity index (χ4v) is 2.41. The maximum absolute atomic E-state index is 11.5. The van der Waals surface area contributed by atoms with Crippen molar-refractivity contribution in [2.24, 2.45) is 13.0 Å². The standard InChI is InChI=1S/C12H22N4O/c1-10-3-5-11(6-4-10)13-7-8-16-12(17)15(2)9-14-16/h9-11,13H,3-8H2,1-2H3. The molecule has 1 heterocycles. The van der Waals surface area contributed by atoms with Gasteiger partial charge in [0.2, 0.25) is 0 Å². The van der Waals surface area contributed by atoms with Gasteiger partial charge in [0.05, 0.1) is 6.54 Å². The average molecular weight is 238 g/mol. The molecule has 0 spiro atoms. The molecule has 0 unspecified atom stereocenters. The zero-order valence-electron chi connectivity index (χ0n) is 10.7. The lowest BCUT2D eigenvalue weighted by molar-refractivity contribution is 0.303. The Kier molecular flexibility index (Phi) is 3.99. The van der Waals surface area contributed by atoms with Gasteiger partial charge in [-0.05, 0) is 31.6 Å².